The quantitative estimate of drug-likeness (QED) is 0.0334. The first kappa shape index (κ1) is 101. The maximum atomic E-state index is 14.7. The van der Waals surface area contributed by atoms with E-state index < -0.39 is 12.1 Å². The number of amides is 6. The maximum absolute atomic E-state index is 14.7. The second-order valence-electron chi connectivity index (χ2n) is 36.6. The highest BCUT2D eigenvalue weighted by atomic mass is 19.1. The Morgan fingerprint density at radius 3 is 0.920 bits per heavy atom. The molecule has 0 radical (unpaired) electrons. The number of aryl methyl sites for hydroxylation is 6. The molecule has 3 N–H and O–H groups in total. The van der Waals surface area contributed by atoms with Crippen molar-refractivity contribution >= 4 is 35.4 Å². The molecule has 0 spiro atoms. The van der Waals surface area contributed by atoms with Gasteiger partial charge in [0.25, 0.3) is 35.4 Å². The number of aromatic nitrogens is 6. The van der Waals surface area contributed by atoms with E-state index in [0.717, 1.165) is 166 Å². The number of rotatable bonds is 35. The molecule has 0 bridgehead atoms. The standard InChI is InChI=1S/C38H46N4O5.C38H46N4O3.C37H43FN4O3/c1-6-8-19-40(20-9-7-2)38(45)32-21-26(3)42(39-32)33-18-17-28(36-34(46-4)15-12-16-35(36)47-5)23-31(33)37(44)41-24-29-14-11-10-13-27(29)22-30(41)25-43;1-6-8-16-40(17-9-7-2)38(45)35-21-28(5)42(39-35)36-15-14-30(32-19-26(3)18-27(4)20-32)23-34(36)37(44)41-24-31-13-11-10-12-29(31)22-33(41)25-43;1-5-7-15-40(16-8-6-2)37(45)34-19-26(4)42(39-34)35-14-13-28(30-17-25(3)18-31(38)20-30)22-33(35)36(44)41-23-29-12-10-9-11-27(29)21-32(41)24-43/h10-18,21,23,30,43H,6-9,19-20,22,24-25H2,1-5H3;10-15,18-21,23,33,43H,6-9,16-17,22,24-25H2,1-5H3;9-14,17-20,22,32,43H,5-8,15-16,21,23-24H2,1-4H3/t30-;33-;32-/m000/s1. The topological polar surface area (TPSA) is 254 Å². The van der Waals surface area contributed by atoms with Crippen molar-refractivity contribution in [1.29, 1.82) is 0 Å². The van der Waals surface area contributed by atoms with E-state index in [0.29, 0.717) is 152 Å². The van der Waals surface area contributed by atoms with Gasteiger partial charge in [-0.15, -0.1) is 0 Å². The Morgan fingerprint density at radius 2 is 0.628 bits per heavy atom. The maximum Gasteiger partial charge on any atom is 0.274 e. The third-order valence-electron chi connectivity index (χ3n) is 26.4. The van der Waals surface area contributed by atoms with E-state index in [1.165, 1.54) is 12.1 Å². The molecule has 6 heterocycles. The van der Waals surface area contributed by atoms with Crippen LogP contribution in [0.4, 0.5) is 4.39 Å². The highest BCUT2D eigenvalue weighted by Gasteiger charge is 2.38. The molecule has 0 unspecified atom stereocenters. The lowest BCUT2D eigenvalue weighted by Gasteiger charge is -2.36. The van der Waals surface area contributed by atoms with E-state index in [9.17, 15) is 48.5 Å². The fourth-order valence-corrected chi connectivity index (χ4v) is 18.8. The number of unbranched alkanes of at least 4 members (excludes halogenated alkanes) is 6. The Kier molecular flexibility index (Phi) is 35.1. The zero-order valence-electron chi connectivity index (χ0n) is 82.2. The first-order valence-corrected chi connectivity index (χ1v) is 48.9. The molecule has 24 heteroatoms. The smallest absolute Gasteiger partial charge is 0.274 e. The van der Waals surface area contributed by atoms with Gasteiger partial charge >= 0.3 is 0 Å². The molecule has 720 valence electrons. The van der Waals surface area contributed by atoms with Crippen molar-refractivity contribution < 1.29 is 58.0 Å². The lowest BCUT2D eigenvalue weighted by atomic mass is 9.92. The van der Waals surface area contributed by atoms with Gasteiger partial charge in [0, 0.05) is 76.0 Å². The third kappa shape index (κ3) is 23.7. The van der Waals surface area contributed by atoms with Crippen molar-refractivity contribution in [3.8, 4) is 61.9 Å². The number of carbonyl (C=O) groups is 6. The van der Waals surface area contributed by atoms with E-state index in [-0.39, 0.29) is 67.1 Å². The zero-order chi connectivity index (χ0) is 97.7. The molecule has 0 saturated carbocycles. The summed E-state index contributed by atoms with van der Waals surface area (Å²) in [5.74, 6) is -0.0980. The number of fused-ring (bicyclic) bond motifs is 3. The molecular formula is C113H135FN12O11. The minimum Gasteiger partial charge on any atom is -0.496 e. The van der Waals surface area contributed by atoms with Crippen molar-refractivity contribution in [2.45, 2.75) is 217 Å². The predicted octanol–water partition coefficient (Wildman–Crippen LogP) is 20.4. The number of aliphatic hydroxyl groups is 3. The van der Waals surface area contributed by atoms with Crippen LogP contribution < -0.4 is 9.47 Å². The zero-order valence-corrected chi connectivity index (χ0v) is 82.2. The van der Waals surface area contributed by atoms with E-state index in [1.807, 2.05) is 176 Å². The van der Waals surface area contributed by atoms with Crippen LogP contribution in [0.2, 0.25) is 0 Å². The van der Waals surface area contributed by atoms with Gasteiger partial charge < -0.3 is 54.2 Å². The van der Waals surface area contributed by atoms with Crippen LogP contribution >= 0.6 is 0 Å². The number of ether oxygens (including phenoxy) is 2. The minimum absolute atomic E-state index is 0.0773. The fraction of sp³-hybridized carbons (Fsp3) is 0.389. The van der Waals surface area contributed by atoms with Crippen molar-refractivity contribution in [2.24, 2.45) is 0 Å². The molecule has 12 aromatic rings. The molecule has 0 fully saturated rings. The van der Waals surface area contributed by atoms with Crippen LogP contribution in [-0.2, 0) is 38.9 Å². The molecule has 0 saturated heterocycles. The SMILES string of the molecule is CCCCN(CCCC)C(=O)c1cc(C)n(-c2ccc(-c3c(OC)cccc3OC)cc2C(=O)N2Cc3ccccc3C[C@H]2CO)n1.CCCCN(CCCC)C(=O)c1cc(C)n(-c2ccc(-c3cc(C)cc(C)c3)cc2C(=O)N2Cc3ccccc3C[C@H]2CO)n1.CCCCN(CCCC)C(=O)c1cc(C)n(-c2ccc(-c3cc(C)cc(F)c3)cc2C(=O)N2Cc3ccccc3C[C@H]2CO)n1. The monoisotopic (exact) mass is 1860 g/mol. The molecule has 3 aliphatic rings. The van der Waals surface area contributed by atoms with Crippen LogP contribution in [0.15, 0.2) is 200 Å². The Morgan fingerprint density at radius 1 is 0.343 bits per heavy atom. The second-order valence-corrected chi connectivity index (χ2v) is 36.6. The van der Waals surface area contributed by atoms with Gasteiger partial charge in [-0.3, -0.25) is 28.8 Å². The highest BCUT2D eigenvalue weighted by Crippen LogP contribution is 2.42. The summed E-state index contributed by atoms with van der Waals surface area (Å²) in [6.45, 7) is 29.2. The van der Waals surface area contributed by atoms with E-state index >= 15 is 0 Å². The minimum atomic E-state index is -0.401. The number of benzene rings is 9. The number of halogens is 1. The Hall–Kier alpha value is -13.2. The summed E-state index contributed by atoms with van der Waals surface area (Å²) in [5, 5.41) is 45.6. The predicted molar refractivity (Wildman–Crippen MR) is 538 cm³/mol. The van der Waals surface area contributed by atoms with Gasteiger partial charge in [0.1, 0.15) is 17.3 Å². The van der Waals surface area contributed by atoms with E-state index in [1.54, 1.807) is 61.2 Å². The molecule has 3 aliphatic heterocycles. The molecule has 15 rings (SSSR count). The second kappa shape index (κ2) is 47.5. The number of hydrogen-bond acceptors (Lipinski definition) is 14. The molecule has 137 heavy (non-hydrogen) atoms. The van der Waals surface area contributed by atoms with Gasteiger partial charge in [0.2, 0.25) is 0 Å². The number of methoxy groups -OCH3 is 2. The molecule has 9 aromatic carbocycles. The lowest BCUT2D eigenvalue weighted by molar-refractivity contribution is 0.0539. The molecule has 3 aromatic heterocycles. The normalized spacial score (nSPS) is 14.3. The van der Waals surface area contributed by atoms with Gasteiger partial charge in [-0.1, -0.05) is 213 Å². The number of carbonyl (C=O) groups excluding carboxylic acids is 6. The summed E-state index contributed by atoms with van der Waals surface area (Å²) in [6, 6.07) is 62.1. The van der Waals surface area contributed by atoms with E-state index in [4.69, 9.17) is 24.8 Å². The first-order chi connectivity index (χ1) is 66.3. The summed E-state index contributed by atoms with van der Waals surface area (Å²) in [6.07, 6.45) is 13.2. The molecule has 3 atom stereocenters. The van der Waals surface area contributed by atoms with Crippen LogP contribution in [0, 0.1) is 47.4 Å². The Labute approximate surface area is 806 Å². The lowest BCUT2D eigenvalue weighted by Crippen LogP contribution is -2.46. The van der Waals surface area contributed by atoms with Gasteiger partial charge in [-0.2, -0.15) is 15.3 Å². The number of aliphatic hydroxyl groups excluding tert-OH is 3. The summed E-state index contributed by atoms with van der Waals surface area (Å²) < 4.78 is 30.9. The van der Waals surface area contributed by atoms with Crippen molar-refractivity contribution in [3.63, 3.8) is 0 Å². The average Bonchev–Trinajstić information content (AvgIpc) is 1.76. The highest BCUT2D eigenvalue weighted by molar-refractivity contribution is 6.03. The summed E-state index contributed by atoms with van der Waals surface area (Å²) in [4.78, 5) is 95.7. The van der Waals surface area contributed by atoms with Gasteiger partial charge in [0.05, 0.1) is 91.5 Å². The summed E-state index contributed by atoms with van der Waals surface area (Å²) in [7, 11) is 3.21. The van der Waals surface area contributed by atoms with Gasteiger partial charge in [-0.05, 0) is 245 Å². The Bertz CT molecular complexity index is 5920. The van der Waals surface area contributed by atoms with Gasteiger partial charge in [0.15, 0.2) is 17.1 Å². The fourth-order valence-electron chi connectivity index (χ4n) is 18.8. The average molecular weight is 1860 g/mol. The summed E-state index contributed by atoms with van der Waals surface area (Å²) in [5.41, 5.74) is 20.7. The Balaban J connectivity index is 0.000000174. The van der Waals surface area contributed by atoms with Crippen molar-refractivity contribution in [3.05, 3.63) is 307 Å². The van der Waals surface area contributed by atoms with E-state index in [2.05, 4.69) is 91.8 Å². The molecule has 0 aliphatic carbocycles. The van der Waals surface area contributed by atoms with Crippen molar-refractivity contribution in [1.82, 2.24) is 58.7 Å². The molecular weight excluding hydrogens is 1720 g/mol. The third-order valence-corrected chi connectivity index (χ3v) is 26.4. The first-order valence-electron chi connectivity index (χ1n) is 48.9. The molecule has 6 amide bonds. The van der Waals surface area contributed by atoms with Crippen LogP contribution in [0.1, 0.15) is 248 Å². The van der Waals surface area contributed by atoms with Crippen LogP contribution in [0.25, 0.3) is 50.4 Å². The molecule has 23 nitrogen and oxygen atoms in total. The van der Waals surface area contributed by atoms with Crippen LogP contribution in [-0.4, -0.2) is 201 Å². The van der Waals surface area contributed by atoms with Gasteiger partial charge in [-0.25, -0.2) is 18.4 Å². The van der Waals surface area contributed by atoms with Crippen LogP contribution in [0.3, 0.4) is 0 Å². The number of hydrogen-bond donors (Lipinski definition) is 3. The summed E-state index contributed by atoms with van der Waals surface area (Å²) >= 11 is 0. The largest absolute Gasteiger partial charge is 0.496 e. The number of nitrogens with zero attached hydrogens (tertiary/aromatic N) is 12. The van der Waals surface area contributed by atoms with Crippen LogP contribution in [0.5, 0.6) is 11.5 Å². The van der Waals surface area contributed by atoms with Crippen molar-refractivity contribution in [2.75, 3.05) is 73.3 Å².